The van der Waals surface area contributed by atoms with Crippen molar-refractivity contribution in [2.24, 2.45) is 0 Å². The van der Waals surface area contributed by atoms with Crippen LogP contribution < -0.4 is 20.7 Å². The van der Waals surface area contributed by atoms with E-state index in [1.165, 1.54) is 29.3 Å². The first kappa shape index (κ1) is 46.1. The molecule has 3 N–H and O–H groups in total. The maximum absolute atomic E-state index is 13.4. The standard InChI is InChI=1S/C25H32F2N4O.C25H32FN3O2/c1-18-16-30(13-10-28-18)17-20-4-2-19(3-5-20)14-25(32)31-11-8-21(9-12-31)29-22-6-7-23(26)24(27)15-22;1-19-17-28(15-12-27-19)18-21-4-2-20(3-5-21)16-25(30)29-13-10-24(11-14-29)31-23-8-6-22(26)7-9-23/h2-7,15,18,21,28-29H,8-14,16-17H2,1H3;2-9,19,24,27H,10-18H2,1H3/t18-;19-/m11/s1. The Kier molecular flexibility index (Phi) is 16.5. The molecule has 0 unspecified atom stereocenters. The van der Waals surface area contributed by atoms with E-state index in [-0.39, 0.29) is 29.8 Å². The molecular formula is C50H64F3N7O3. The molecule has 4 aromatic carbocycles. The van der Waals surface area contributed by atoms with Gasteiger partial charge in [0.1, 0.15) is 17.7 Å². The minimum Gasteiger partial charge on any atom is -0.490 e. The van der Waals surface area contributed by atoms with Gasteiger partial charge in [-0.25, -0.2) is 13.2 Å². The lowest BCUT2D eigenvalue weighted by Gasteiger charge is -2.33. The molecule has 4 aromatic rings. The van der Waals surface area contributed by atoms with Crippen molar-refractivity contribution < 1.29 is 27.5 Å². The third-order valence-electron chi connectivity index (χ3n) is 12.5. The van der Waals surface area contributed by atoms with Gasteiger partial charge in [-0.1, -0.05) is 48.5 Å². The molecular weight excluding hydrogens is 804 g/mol. The zero-order chi connectivity index (χ0) is 44.1. The summed E-state index contributed by atoms with van der Waals surface area (Å²) < 4.78 is 45.4. The Morgan fingerprint density at radius 1 is 0.603 bits per heavy atom. The number of nitrogens with zero attached hydrogens (tertiary/aromatic N) is 4. The molecule has 13 heteroatoms. The number of carbonyl (C=O) groups is 2. The van der Waals surface area contributed by atoms with Gasteiger partial charge < -0.3 is 30.5 Å². The van der Waals surface area contributed by atoms with Crippen molar-refractivity contribution >= 4 is 17.5 Å². The zero-order valence-corrected chi connectivity index (χ0v) is 36.8. The van der Waals surface area contributed by atoms with Gasteiger partial charge in [-0.15, -0.1) is 0 Å². The monoisotopic (exact) mass is 868 g/mol. The molecule has 0 aliphatic carbocycles. The van der Waals surface area contributed by atoms with Crippen molar-refractivity contribution in [2.45, 2.75) is 89.7 Å². The van der Waals surface area contributed by atoms with Crippen LogP contribution in [0.2, 0.25) is 0 Å². The van der Waals surface area contributed by atoms with Gasteiger partial charge in [-0.2, -0.15) is 0 Å². The maximum Gasteiger partial charge on any atom is 0.226 e. The minimum atomic E-state index is -0.851. The number of rotatable bonds is 12. The first-order valence-corrected chi connectivity index (χ1v) is 22.8. The van der Waals surface area contributed by atoms with Gasteiger partial charge in [-0.05, 0) is 85.3 Å². The Bertz CT molecular complexity index is 2060. The predicted octanol–water partition coefficient (Wildman–Crippen LogP) is 6.64. The first-order chi connectivity index (χ1) is 30.5. The summed E-state index contributed by atoms with van der Waals surface area (Å²) in [5.41, 5.74) is 5.24. The number of piperidine rings is 2. The van der Waals surface area contributed by atoms with Crippen molar-refractivity contribution in [2.75, 3.05) is 70.8 Å². The lowest BCUT2D eigenvalue weighted by molar-refractivity contribution is -0.132. The Hall–Kier alpha value is -4.95. The second-order valence-corrected chi connectivity index (χ2v) is 17.7. The average Bonchev–Trinajstić information content (AvgIpc) is 3.28. The Labute approximate surface area is 371 Å². The van der Waals surface area contributed by atoms with Crippen LogP contribution in [0.5, 0.6) is 5.75 Å². The van der Waals surface area contributed by atoms with Crippen molar-refractivity contribution in [3.05, 3.63) is 131 Å². The number of piperazine rings is 2. The van der Waals surface area contributed by atoms with E-state index in [9.17, 15) is 22.8 Å². The van der Waals surface area contributed by atoms with E-state index in [1.54, 1.807) is 18.2 Å². The summed E-state index contributed by atoms with van der Waals surface area (Å²) >= 11 is 0. The van der Waals surface area contributed by atoms with Crippen LogP contribution >= 0.6 is 0 Å². The largest absolute Gasteiger partial charge is 0.490 e. The van der Waals surface area contributed by atoms with E-state index < -0.39 is 11.6 Å². The van der Waals surface area contributed by atoms with E-state index in [4.69, 9.17) is 4.74 Å². The molecule has 2 amide bonds. The van der Waals surface area contributed by atoms with Gasteiger partial charge in [0.2, 0.25) is 11.8 Å². The topological polar surface area (TPSA) is 92.4 Å². The molecule has 4 fully saturated rings. The number of hydrogen-bond donors (Lipinski definition) is 3. The summed E-state index contributed by atoms with van der Waals surface area (Å²) in [5, 5.41) is 10.2. The molecule has 4 aliphatic rings. The van der Waals surface area contributed by atoms with Crippen molar-refractivity contribution in [1.29, 1.82) is 0 Å². The van der Waals surface area contributed by atoms with Crippen LogP contribution in [0.25, 0.3) is 0 Å². The van der Waals surface area contributed by atoms with Gasteiger partial charge in [0.05, 0.1) is 12.8 Å². The molecule has 0 saturated carbocycles. The fraction of sp³-hybridized carbons (Fsp3) is 0.480. The van der Waals surface area contributed by atoms with E-state index in [0.717, 1.165) is 95.2 Å². The summed E-state index contributed by atoms with van der Waals surface area (Å²) in [7, 11) is 0. The van der Waals surface area contributed by atoms with Crippen molar-refractivity contribution in [3.63, 3.8) is 0 Å². The molecule has 10 nitrogen and oxygen atoms in total. The van der Waals surface area contributed by atoms with Crippen LogP contribution in [0.4, 0.5) is 18.9 Å². The van der Waals surface area contributed by atoms with E-state index in [2.05, 4.69) is 88.1 Å². The highest BCUT2D eigenvalue weighted by atomic mass is 19.2. The van der Waals surface area contributed by atoms with E-state index in [0.29, 0.717) is 62.5 Å². The van der Waals surface area contributed by atoms with Gasteiger partial charge in [-0.3, -0.25) is 19.4 Å². The zero-order valence-electron chi connectivity index (χ0n) is 36.8. The third-order valence-corrected chi connectivity index (χ3v) is 12.5. The molecule has 0 bridgehead atoms. The first-order valence-electron chi connectivity index (χ1n) is 22.8. The van der Waals surface area contributed by atoms with Crippen molar-refractivity contribution in [1.82, 2.24) is 30.2 Å². The molecule has 338 valence electrons. The third kappa shape index (κ3) is 14.3. The predicted molar refractivity (Wildman–Crippen MR) is 242 cm³/mol. The van der Waals surface area contributed by atoms with Gasteiger partial charge in [0.25, 0.3) is 0 Å². The number of anilines is 1. The number of halogens is 3. The number of carbonyl (C=O) groups excluding carboxylic acids is 2. The minimum absolute atomic E-state index is 0.0708. The summed E-state index contributed by atoms with van der Waals surface area (Å²) in [4.78, 5) is 34.3. The Morgan fingerprint density at radius 3 is 1.56 bits per heavy atom. The lowest BCUT2D eigenvalue weighted by atomic mass is 10.0. The highest BCUT2D eigenvalue weighted by molar-refractivity contribution is 5.79. The molecule has 0 aromatic heterocycles. The number of hydrogen-bond acceptors (Lipinski definition) is 8. The smallest absolute Gasteiger partial charge is 0.226 e. The van der Waals surface area contributed by atoms with Crippen LogP contribution in [0.1, 0.15) is 61.8 Å². The van der Waals surface area contributed by atoms with E-state index in [1.807, 2.05) is 9.80 Å². The fourth-order valence-corrected chi connectivity index (χ4v) is 8.95. The molecule has 8 rings (SSSR count). The van der Waals surface area contributed by atoms with Gasteiger partial charge in [0.15, 0.2) is 11.6 Å². The van der Waals surface area contributed by atoms with Crippen LogP contribution in [-0.4, -0.2) is 121 Å². The normalized spacial score (nSPS) is 20.5. The quantitative estimate of drug-likeness (QED) is 0.146. The van der Waals surface area contributed by atoms with E-state index >= 15 is 0 Å². The van der Waals surface area contributed by atoms with Crippen LogP contribution in [0.3, 0.4) is 0 Å². The number of nitrogens with one attached hydrogen (secondary N) is 3. The number of amides is 2. The summed E-state index contributed by atoms with van der Waals surface area (Å²) in [5.74, 6) is -0.969. The van der Waals surface area contributed by atoms with Crippen LogP contribution in [-0.2, 0) is 35.5 Å². The summed E-state index contributed by atoms with van der Waals surface area (Å²) in [6, 6.07) is 28.1. The van der Waals surface area contributed by atoms with Crippen LogP contribution in [0, 0.1) is 17.5 Å². The number of benzene rings is 4. The number of ether oxygens (including phenoxy) is 1. The molecule has 0 spiro atoms. The SMILES string of the molecule is C[C@@H]1CN(Cc2ccc(CC(=O)N3CCC(Nc4ccc(F)c(F)c4)CC3)cc2)CCN1.C[C@@H]1CN(Cc2ccc(CC(=O)N3CCC(Oc4ccc(F)cc4)CC3)cc2)CCN1. The Balaban J connectivity index is 0.000000189. The lowest BCUT2D eigenvalue weighted by Crippen LogP contribution is -2.48. The molecule has 63 heavy (non-hydrogen) atoms. The highest BCUT2D eigenvalue weighted by Gasteiger charge is 2.25. The average molecular weight is 868 g/mol. The summed E-state index contributed by atoms with van der Waals surface area (Å²) in [6.45, 7) is 15.4. The maximum atomic E-state index is 13.4. The molecule has 4 aliphatic heterocycles. The van der Waals surface area contributed by atoms with Crippen LogP contribution in [0.15, 0.2) is 91.0 Å². The second kappa shape index (κ2) is 22.6. The van der Waals surface area contributed by atoms with Gasteiger partial charge >= 0.3 is 0 Å². The fourth-order valence-electron chi connectivity index (χ4n) is 8.95. The van der Waals surface area contributed by atoms with Crippen molar-refractivity contribution in [3.8, 4) is 5.75 Å². The molecule has 0 radical (unpaired) electrons. The number of likely N-dealkylation sites (tertiary alicyclic amines) is 2. The molecule has 2 atom stereocenters. The Morgan fingerprint density at radius 2 is 1.08 bits per heavy atom. The molecule has 4 saturated heterocycles. The second-order valence-electron chi connectivity index (χ2n) is 17.7. The highest BCUT2D eigenvalue weighted by Crippen LogP contribution is 2.22. The molecule has 4 heterocycles. The van der Waals surface area contributed by atoms with Gasteiger partial charge in [0, 0.05) is 121 Å². The summed E-state index contributed by atoms with van der Waals surface area (Å²) in [6.07, 6.45) is 4.08.